The second-order valence-corrected chi connectivity index (χ2v) is 9.36. The van der Waals surface area contributed by atoms with E-state index in [4.69, 9.17) is 21.7 Å². The lowest BCUT2D eigenvalue weighted by Gasteiger charge is -2.24. The second-order valence-electron chi connectivity index (χ2n) is 8.95. The molecule has 0 aromatic heterocycles. The molecule has 0 radical (unpaired) electrons. The first kappa shape index (κ1) is 25.2. The van der Waals surface area contributed by atoms with E-state index in [0.717, 1.165) is 34.9 Å². The number of carbonyl (C=O) groups is 1. The lowest BCUT2D eigenvalue weighted by atomic mass is 9.87. The number of anilines is 1. The lowest BCUT2D eigenvalue weighted by molar-refractivity contribution is -0.128. The highest BCUT2D eigenvalue weighted by Crippen LogP contribution is 2.25. The predicted octanol–water partition coefficient (Wildman–Crippen LogP) is 6.79. The summed E-state index contributed by atoms with van der Waals surface area (Å²) in [5.41, 5.74) is 2.47. The van der Waals surface area contributed by atoms with Crippen LogP contribution in [0.15, 0.2) is 72.8 Å². The molecule has 0 heterocycles. The minimum atomic E-state index is -0.579. The summed E-state index contributed by atoms with van der Waals surface area (Å²) in [7, 11) is 0. The molecular weight excluding hydrogens is 444 g/mol. The topological polar surface area (TPSA) is 59.6 Å². The molecule has 34 heavy (non-hydrogen) atoms. The van der Waals surface area contributed by atoms with Gasteiger partial charge in [0.05, 0.1) is 6.61 Å². The van der Waals surface area contributed by atoms with Gasteiger partial charge in [-0.05, 0) is 92.5 Å². The Labute approximate surface area is 207 Å². The maximum absolute atomic E-state index is 12.8. The van der Waals surface area contributed by atoms with Gasteiger partial charge in [0.15, 0.2) is 5.11 Å². The average molecular weight is 477 g/mol. The van der Waals surface area contributed by atoms with Crippen molar-refractivity contribution in [3.63, 3.8) is 0 Å². The highest BCUT2D eigenvalue weighted by atomic mass is 32.1. The quantitative estimate of drug-likeness (QED) is 0.263. The van der Waals surface area contributed by atoms with E-state index in [9.17, 15) is 4.79 Å². The van der Waals surface area contributed by atoms with Crippen LogP contribution in [0.3, 0.4) is 0 Å². The molecule has 0 fully saturated rings. The Bertz CT molecular complexity index is 1110. The Morgan fingerprint density at radius 1 is 0.941 bits per heavy atom. The fourth-order valence-electron chi connectivity index (χ4n) is 3.34. The first-order chi connectivity index (χ1) is 16.2. The molecule has 3 aromatic rings. The van der Waals surface area contributed by atoms with E-state index in [-0.39, 0.29) is 11.0 Å². The van der Waals surface area contributed by atoms with Crippen LogP contribution in [0, 0.1) is 19.3 Å². The summed E-state index contributed by atoms with van der Waals surface area (Å²) in [4.78, 5) is 12.8. The van der Waals surface area contributed by atoms with E-state index in [1.54, 1.807) is 0 Å². The van der Waals surface area contributed by atoms with Crippen molar-refractivity contribution < 1.29 is 14.3 Å². The third-order valence-corrected chi connectivity index (χ3v) is 5.68. The molecule has 1 amide bonds. The van der Waals surface area contributed by atoms with Crippen LogP contribution in [0.2, 0.25) is 0 Å². The van der Waals surface area contributed by atoms with Crippen molar-refractivity contribution in [2.24, 2.45) is 5.41 Å². The molecule has 2 N–H and O–H groups in total. The minimum absolute atomic E-state index is 0.124. The summed E-state index contributed by atoms with van der Waals surface area (Å²) in [5, 5.41) is 6.13. The number of benzene rings is 3. The normalized spacial score (nSPS) is 10.9. The van der Waals surface area contributed by atoms with Gasteiger partial charge in [-0.1, -0.05) is 44.2 Å². The third-order valence-electron chi connectivity index (χ3n) is 5.48. The second kappa shape index (κ2) is 11.7. The Kier molecular flexibility index (Phi) is 8.66. The molecule has 0 aliphatic carbocycles. The molecule has 0 saturated heterocycles. The maximum Gasteiger partial charge on any atom is 0.231 e. The number of hydrogen-bond donors (Lipinski definition) is 2. The molecule has 3 aromatic carbocycles. The zero-order valence-electron chi connectivity index (χ0n) is 20.2. The van der Waals surface area contributed by atoms with Gasteiger partial charge >= 0.3 is 0 Å². The Morgan fingerprint density at radius 2 is 1.62 bits per heavy atom. The van der Waals surface area contributed by atoms with Crippen molar-refractivity contribution in [1.82, 2.24) is 5.32 Å². The van der Waals surface area contributed by atoms with Gasteiger partial charge in [0.2, 0.25) is 5.91 Å². The summed E-state index contributed by atoms with van der Waals surface area (Å²) in [6.07, 6.45) is 1.44. The molecule has 0 aliphatic rings. The van der Waals surface area contributed by atoms with Crippen molar-refractivity contribution in [3.05, 3.63) is 83.9 Å². The summed E-state index contributed by atoms with van der Waals surface area (Å²) >= 11 is 5.35. The van der Waals surface area contributed by atoms with Crippen LogP contribution < -0.4 is 20.1 Å². The van der Waals surface area contributed by atoms with Crippen molar-refractivity contribution >= 4 is 28.9 Å². The molecule has 0 bridgehead atoms. The lowest BCUT2D eigenvalue weighted by Crippen LogP contribution is -2.42. The summed E-state index contributed by atoms with van der Waals surface area (Å²) in [5.74, 6) is 2.26. The van der Waals surface area contributed by atoms with Crippen LogP contribution in [0.25, 0.3) is 0 Å². The maximum atomic E-state index is 12.8. The Hall–Kier alpha value is -3.38. The number of hydrogen-bond acceptors (Lipinski definition) is 4. The SMILES string of the molecule is Cc1ccc(C)c(OCCCC(C)(C)C(=O)NC(=S)Nc2ccc(Oc3ccccc3)cc2)c1. The van der Waals surface area contributed by atoms with Gasteiger partial charge in [-0.15, -0.1) is 0 Å². The number of aryl methyl sites for hydroxylation is 2. The van der Waals surface area contributed by atoms with Crippen LogP contribution >= 0.6 is 12.2 Å². The predicted molar refractivity (Wildman–Crippen MR) is 142 cm³/mol. The van der Waals surface area contributed by atoms with E-state index >= 15 is 0 Å². The van der Waals surface area contributed by atoms with Crippen LogP contribution in [-0.2, 0) is 4.79 Å². The van der Waals surface area contributed by atoms with Gasteiger partial charge in [0.1, 0.15) is 17.2 Å². The van der Waals surface area contributed by atoms with Crippen molar-refractivity contribution in [2.75, 3.05) is 11.9 Å². The molecule has 3 rings (SSSR count). The highest BCUT2D eigenvalue weighted by molar-refractivity contribution is 7.80. The molecule has 0 spiro atoms. The van der Waals surface area contributed by atoms with Gasteiger partial charge in [-0.2, -0.15) is 0 Å². The number of ether oxygens (including phenoxy) is 2. The van der Waals surface area contributed by atoms with E-state index in [1.165, 1.54) is 5.56 Å². The molecule has 6 heteroatoms. The van der Waals surface area contributed by atoms with Gasteiger partial charge in [-0.3, -0.25) is 4.79 Å². The van der Waals surface area contributed by atoms with Crippen molar-refractivity contribution in [1.29, 1.82) is 0 Å². The molecular formula is C28H32N2O3S. The average Bonchev–Trinajstić information content (AvgIpc) is 2.81. The van der Waals surface area contributed by atoms with Crippen LogP contribution in [0.4, 0.5) is 5.69 Å². The zero-order valence-corrected chi connectivity index (χ0v) is 21.0. The smallest absolute Gasteiger partial charge is 0.231 e. The number of thiocarbonyl (C=S) groups is 1. The fraction of sp³-hybridized carbons (Fsp3) is 0.286. The first-order valence-corrected chi connectivity index (χ1v) is 11.8. The molecule has 0 aliphatic heterocycles. The van der Waals surface area contributed by atoms with E-state index in [1.807, 2.05) is 88.4 Å². The fourth-order valence-corrected chi connectivity index (χ4v) is 3.55. The van der Waals surface area contributed by atoms with Gasteiger partial charge in [0, 0.05) is 11.1 Å². The molecule has 5 nitrogen and oxygen atoms in total. The van der Waals surface area contributed by atoms with Gasteiger partial charge < -0.3 is 20.1 Å². The third kappa shape index (κ3) is 7.59. The molecule has 178 valence electrons. The number of carbonyl (C=O) groups excluding carboxylic acids is 1. The van der Waals surface area contributed by atoms with Crippen LogP contribution in [0.5, 0.6) is 17.2 Å². The standard InChI is InChI=1S/C28H32N2O3S/c1-20-11-12-21(2)25(19-20)32-18-8-17-28(3,4)26(31)30-27(34)29-22-13-15-24(16-14-22)33-23-9-6-5-7-10-23/h5-7,9-16,19H,8,17-18H2,1-4H3,(H2,29,30,31,34). The monoisotopic (exact) mass is 476 g/mol. The summed E-state index contributed by atoms with van der Waals surface area (Å²) < 4.78 is 11.7. The van der Waals surface area contributed by atoms with E-state index in [2.05, 4.69) is 22.8 Å². The summed E-state index contributed by atoms with van der Waals surface area (Å²) in [6.45, 7) is 8.46. The molecule has 0 unspecified atom stereocenters. The number of nitrogens with one attached hydrogen (secondary N) is 2. The first-order valence-electron chi connectivity index (χ1n) is 11.4. The van der Waals surface area contributed by atoms with Gasteiger partial charge in [0.25, 0.3) is 0 Å². The van der Waals surface area contributed by atoms with Crippen molar-refractivity contribution in [3.8, 4) is 17.2 Å². The highest BCUT2D eigenvalue weighted by Gasteiger charge is 2.27. The zero-order chi connectivity index (χ0) is 24.6. The Balaban J connectivity index is 1.43. The largest absolute Gasteiger partial charge is 0.493 e. The number of rotatable bonds is 9. The number of para-hydroxylation sites is 1. The number of amides is 1. The molecule has 0 saturated carbocycles. The van der Waals surface area contributed by atoms with E-state index < -0.39 is 5.41 Å². The van der Waals surface area contributed by atoms with Crippen LogP contribution in [-0.4, -0.2) is 17.6 Å². The minimum Gasteiger partial charge on any atom is -0.493 e. The molecule has 0 atom stereocenters. The summed E-state index contributed by atoms with van der Waals surface area (Å²) in [6, 6.07) is 23.1. The van der Waals surface area contributed by atoms with Gasteiger partial charge in [-0.25, -0.2) is 0 Å². The Morgan fingerprint density at radius 3 is 2.32 bits per heavy atom. The van der Waals surface area contributed by atoms with Crippen LogP contribution in [0.1, 0.15) is 37.8 Å². The van der Waals surface area contributed by atoms with E-state index in [0.29, 0.717) is 13.0 Å². The van der Waals surface area contributed by atoms with Crippen molar-refractivity contribution in [2.45, 2.75) is 40.5 Å².